The highest BCUT2D eigenvalue weighted by Gasteiger charge is 2.26. The molecule has 2 atom stereocenters. The van der Waals surface area contributed by atoms with E-state index >= 15 is 0 Å². The second kappa shape index (κ2) is 3.90. The van der Waals surface area contributed by atoms with E-state index in [1.807, 2.05) is 6.92 Å². The fourth-order valence-electron chi connectivity index (χ4n) is 1.66. The van der Waals surface area contributed by atoms with Crippen LogP contribution in [0, 0.1) is 11.8 Å². The minimum atomic E-state index is -0.953. The Kier molecular flexibility index (Phi) is 3.09. The van der Waals surface area contributed by atoms with E-state index in [-0.39, 0.29) is 5.92 Å². The van der Waals surface area contributed by atoms with Crippen molar-refractivity contribution >= 4 is 5.91 Å². The molecule has 0 unspecified atom stereocenters. The van der Waals surface area contributed by atoms with Crippen molar-refractivity contribution in [1.82, 2.24) is 0 Å². The Morgan fingerprint density at radius 3 is 2.58 bits per heavy atom. The van der Waals surface area contributed by atoms with Gasteiger partial charge in [-0.05, 0) is 18.3 Å². The van der Waals surface area contributed by atoms with Crippen LogP contribution in [0.4, 0.5) is 0 Å². The van der Waals surface area contributed by atoms with Crippen LogP contribution < -0.4 is 5.73 Å². The summed E-state index contributed by atoms with van der Waals surface area (Å²) in [5.41, 5.74) is 4.98. The van der Waals surface area contributed by atoms with Gasteiger partial charge in [-0.25, -0.2) is 0 Å². The van der Waals surface area contributed by atoms with Crippen LogP contribution in [0.1, 0.15) is 32.6 Å². The summed E-state index contributed by atoms with van der Waals surface area (Å²) in [6.45, 7) is 1.88. The second-order valence-electron chi connectivity index (χ2n) is 3.86. The molecule has 0 radical (unpaired) electrons. The normalized spacial score (nSPS) is 22.8. The van der Waals surface area contributed by atoms with Gasteiger partial charge >= 0.3 is 0 Å². The maximum absolute atomic E-state index is 10.6. The van der Waals surface area contributed by atoms with Crippen molar-refractivity contribution in [3.63, 3.8) is 0 Å². The van der Waals surface area contributed by atoms with E-state index in [0.29, 0.717) is 5.92 Å². The Morgan fingerprint density at radius 2 is 2.25 bits per heavy atom. The van der Waals surface area contributed by atoms with Crippen molar-refractivity contribution < 1.29 is 9.90 Å². The van der Waals surface area contributed by atoms with Crippen LogP contribution in [0.3, 0.4) is 0 Å². The Hall–Kier alpha value is -0.570. The third kappa shape index (κ3) is 2.21. The van der Waals surface area contributed by atoms with E-state index in [4.69, 9.17) is 5.73 Å². The van der Waals surface area contributed by atoms with Gasteiger partial charge in [-0.1, -0.05) is 26.2 Å². The van der Waals surface area contributed by atoms with Crippen LogP contribution >= 0.6 is 0 Å². The Bertz CT molecular complexity index is 166. The lowest BCUT2D eigenvalue weighted by molar-refractivity contribution is -0.128. The summed E-state index contributed by atoms with van der Waals surface area (Å²) in [6, 6.07) is 0. The summed E-state index contributed by atoms with van der Waals surface area (Å²) in [6.07, 6.45) is 3.77. The van der Waals surface area contributed by atoms with Gasteiger partial charge < -0.3 is 10.8 Å². The van der Waals surface area contributed by atoms with Gasteiger partial charge in [-0.2, -0.15) is 0 Å². The van der Waals surface area contributed by atoms with Crippen molar-refractivity contribution in [2.45, 2.75) is 38.7 Å². The molecule has 1 aliphatic rings. The average molecular weight is 171 g/mol. The van der Waals surface area contributed by atoms with E-state index in [1.54, 1.807) is 0 Å². The zero-order chi connectivity index (χ0) is 9.14. The molecule has 1 fully saturated rings. The topological polar surface area (TPSA) is 63.3 Å². The molecule has 0 heterocycles. The maximum Gasteiger partial charge on any atom is 0.246 e. The summed E-state index contributed by atoms with van der Waals surface area (Å²) in [4.78, 5) is 10.6. The maximum atomic E-state index is 10.6. The standard InChI is InChI=1S/C9H17NO2/c1-6(8(11)9(10)12)5-7-3-2-4-7/h6-8,11H,2-5H2,1H3,(H2,10,12)/t6-,8-/m1/s1. The summed E-state index contributed by atoms with van der Waals surface area (Å²) < 4.78 is 0. The molecular weight excluding hydrogens is 154 g/mol. The van der Waals surface area contributed by atoms with Crippen LogP contribution in [-0.4, -0.2) is 17.1 Å². The van der Waals surface area contributed by atoms with E-state index in [9.17, 15) is 9.90 Å². The minimum absolute atomic E-state index is 0.0211. The molecule has 1 aliphatic carbocycles. The molecule has 0 spiro atoms. The number of primary amides is 1. The Labute approximate surface area is 72.9 Å². The van der Waals surface area contributed by atoms with Crippen molar-refractivity contribution in [2.24, 2.45) is 17.6 Å². The predicted molar refractivity (Wildman–Crippen MR) is 46.3 cm³/mol. The number of hydrogen-bond acceptors (Lipinski definition) is 2. The second-order valence-corrected chi connectivity index (χ2v) is 3.86. The molecule has 12 heavy (non-hydrogen) atoms. The van der Waals surface area contributed by atoms with Gasteiger partial charge in [0.25, 0.3) is 0 Å². The molecule has 0 aromatic rings. The highest BCUT2D eigenvalue weighted by Crippen LogP contribution is 2.32. The van der Waals surface area contributed by atoms with Gasteiger partial charge in [0.15, 0.2) is 0 Å². The lowest BCUT2D eigenvalue weighted by Crippen LogP contribution is -2.35. The number of aliphatic hydroxyl groups excluding tert-OH is 1. The molecule has 3 nitrogen and oxygen atoms in total. The highest BCUT2D eigenvalue weighted by molar-refractivity contribution is 5.78. The molecule has 0 aliphatic heterocycles. The smallest absolute Gasteiger partial charge is 0.246 e. The Balaban J connectivity index is 2.25. The van der Waals surface area contributed by atoms with E-state index in [2.05, 4.69) is 0 Å². The number of nitrogens with two attached hydrogens (primary N) is 1. The quantitative estimate of drug-likeness (QED) is 0.652. The van der Waals surface area contributed by atoms with Gasteiger partial charge in [0, 0.05) is 0 Å². The number of rotatable bonds is 4. The number of carbonyl (C=O) groups is 1. The SMILES string of the molecule is C[C@H](CC1CCC1)[C@@H](O)C(N)=O. The first-order valence-corrected chi connectivity index (χ1v) is 4.58. The summed E-state index contributed by atoms with van der Waals surface area (Å²) in [7, 11) is 0. The third-order valence-corrected chi connectivity index (χ3v) is 2.76. The van der Waals surface area contributed by atoms with Crippen LogP contribution in [0.5, 0.6) is 0 Å². The van der Waals surface area contributed by atoms with Gasteiger partial charge in [-0.15, -0.1) is 0 Å². The predicted octanol–water partition coefficient (Wildman–Crippen LogP) is 0.659. The summed E-state index contributed by atoms with van der Waals surface area (Å²) >= 11 is 0. The lowest BCUT2D eigenvalue weighted by atomic mass is 9.78. The number of carbonyl (C=O) groups excluding carboxylic acids is 1. The fourth-order valence-corrected chi connectivity index (χ4v) is 1.66. The molecule has 70 valence electrons. The molecule has 0 bridgehead atoms. The van der Waals surface area contributed by atoms with E-state index in [0.717, 1.165) is 6.42 Å². The first-order valence-electron chi connectivity index (χ1n) is 4.58. The van der Waals surface area contributed by atoms with Crippen molar-refractivity contribution in [2.75, 3.05) is 0 Å². The Morgan fingerprint density at radius 1 is 1.67 bits per heavy atom. The van der Waals surface area contributed by atoms with Gasteiger partial charge in [0.1, 0.15) is 6.10 Å². The molecule has 0 saturated heterocycles. The van der Waals surface area contributed by atoms with Crippen molar-refractivity contribution in [3.05, 3.63) is 0 Å². The van der Waals surface area contributed by atoms with Gasteiger partial charge in [-0.3, -0.25) is 4.79 Å². The van der Waals surface area contributed by atoms with Crippen LogP contribution in [-0.2, 0) is 4.79 Å². The first-order chi connectivity index (χ1) is 5.61. The summed E-state index contributed by atoms with van der Waals surface area (Å²) in [5, 5.41) is 9.29. The largest absolute Gasteiger partial charge is 0.383 e. The zero-order valence-corrected chi connectivity index (χ0v) is 7.49. The number of aliphatic hydroxyl groups is 1. The summed E-state index contributed by atoms with van der Waals surface area (Å²) in [5.74, 6) is 0.142. The molecule has 3 heteroatoms. The van der Waals surface area contributed by atoms with E-state index in [1.165, 1.54) is 19.3 Å². The molecule has 1 amide bonds. The van der Waals surface area contributed by atoms with Gasteiger partial charge in [0.05, 0.1) is 0 Å². The average Bonchev–Trinajstić information content (AvgIpc) is 1.94. The number of hydrogen-bond donors (Lipinski definition) is 2. The molecule has 0 aromatic heterocycles. The van der Waals surface area contributed by atoms with Crippen molar-refractivity contribution in [1.29, 1.82) is 0 Å². The monoisotopic (exact) mass is 171 g/mol. The zero-order valence-electron chi connectivity index (χ0n) is 7.49. The lowest BCUT2D eigenvalue weighted by Gasteiger charge is -2.29. The van der Waals surface area contributed by atoms with Crippen molar-refractivity contribution in [3.8, 4) is 0 Å². The third-order valence-electron chi connectivity index (χ3n) is 2.76. The minimum Gasteiger partial charge on any atom is -0.383 e. The fraction of sp³-hybridized carbons (Fsp3) is 0.889. The highest BCUT2D eigenvalue weighted by atomic mass is 16.3. The first kappa shape index (κ1) is 9.52. The molecule has 0 aromatic carbocycles. The molecule has 1 rings (SSSR count). The van der Waals surface area contributed by atoms with E-state index < -0.39 is 12.0 Å². The van der Waals surface area contributed by atoms with Crippen LogP contribution in [0.15, 0.2) is 0 Å². The molecule has 1 saturated carbocycles. The number of amides is 1. The van der Waals surface area contributed by atoms with Crippen LogP contribution in [0.2, 0.25) is 0 Å². The van der Waals surface area contributed by atoms with Crippen LogP contribution in [0.25, 0.3) is 0 Å². The van der Waals surface area contributed by atoms with Gasteiger partial charge in [0.2, 0.25) is 5.91 Å². The molecular formula is C9H17NO2. The molecule has 3 N–H and O–H groups in total.